The van der Waals surface area contributed by atoms with Crippen LogP contribution in [0.5, 0.6) is 0 Å². The summed E-state index contributed by atoms with van der Waals surface area (Å²) in [5.41, 5.74) is 1.75. The van der Waals surface area contributed by atoms with E-state index in [1.54, 1.807) is 36.4 Å². The van der Waals surface area contributed by atoms with Crippen LogP contribution in [0.3, 0.4) is 0 Å². The number of nitrogens with one attached hydrogen (secondary N) is 2. The molecule has 1 unspecified atom stereocenters. The monoisotopic (exact) mass is 372 g/mol. The summed E-state index contributed by atoms with van der Waals surface area (Å²) >= 11 is 0. The molecule has 0 aliphatic rings. The Balaban J connectivity index is 1.99. The lowest BCUT2D eigenvalue weighted by molar-refractivity contribution is -0.115. The number of halogens is 1. The van der Waals surface area contributed by atoms with E-state index in [0.717, 1.165) is 5.56 Å². The number of ether oxygens (including phenoxy) is 1. The molecule has 0 aliphatic carbocycles. The van der Waals surface area contributed by atoms with Gasteiger partial charge in [-0.2, -0.15) is 0 Å². The number of rotatable bonds is 6. The van der Waals surface area contributed by atoms with Crippen LogP contribution < -0.4 is 10.6 Å². The van der Waals surface area contributed by atoms with Gasteiger partial charge in [0, 0.05) is 11.7 Å². The van der Waals surface area contributed by atoms with Gasteiger partial charge in [0.15, 0.2) is 0 Å². The highest BCUT2D eigenvalue weighted by molar-refractivity contribution is 5.94. The Morgan fingerprint density at radius 3 is 2.15 bits per heavy atom. The van der Waals surface area contributed by atoms with Crippen molar-refractivity contribution in [3.8, 4) is 0 Å². The Hall–Kier alpha value is -2.73. The fourth-order valence-corrected chi connectivity index (χ4v) is 2.79. The highest BCUT2D eigenvalue weighted by Crippen LogP contribution is 2.32. The van der Waals surface area contributed by atoms with Gasteiger partial charge in [0.2, 0.25) is 5.91 Å². The van der Waals surface area contributed by atoms with Gasteiger partial charge in [-0.05, 0) is 47.4 Å². The van der Waals surface area contributed by atoms with Crippen LogP contribution in [0.25, 0.3) is 0 Å². The molecular formula is C21H25FN2O3. The Bertz CT molecular complexity index is 781. The third-order valence-electron chi connectivity index (χ3n) is 4.13. The Labute approximate surface area is 158 Å². The number of hydrogen-bond donors (Lipinski definition) is 2. The normalized spacial score (nSPS) is 12.3. The van der Waals surface area contributed by atoms with E-state index in [4.69, 9.17) is 0 Å². The molecule has 6 heteroatoms. The van der Waals surface area contributed by atoms with Crippen molar-refractivity contribution in [3.05, 3.63) is 65.5 Å². The Morgan fingerprint density at radius 2 is 1.63 bits per heavy atom. The minimum atomic E-state index is -0.429. The molecule has 0 bridgehead atoms. The SMILES string of the molecule is COC(=O)c1ccc(NC(=O)CNC(c2ccc(F)cc2)C(C)(C)C)cc1. The summed E-state index contributed by atoms with van der Waals surface area (Å²) in [5.74, 6) is -0.932. The summed E-state index contributed by atoms with van der Waals surface area (Å²) in [5, 5.41) is 6.03. The summed E-state index contributed by atoms with van der Waals surface area (Å²) in [6, 6.07) is 12.6. The number of methoxy groups -OCH3 is 1. The van der Waals surface area contributed by atoms with Crippen LogP contribution in [0.2, 0.25) is 0 Å². The van der Waals surface area contributed by atoms with E-state index < -0.39 is 5.97 Å². The lowest BCUT2D eigenvalue weighted by atomic mass is 9.82. The van der Waals surface area contributed by atoms with E-state index in [0.29, 0.717) is 11.3 Å². The maximum Gasteiger partial charge on any atom is 0.337 e. The lowest BCUT2D eigenvalue weighted by Crippen LogP contribution is -2.37. The van der Waals surface area contributed by atoms with Crippen molar-refractivity contribution in [3.63, 3.8) is 0 Å². The second-order valence-corrected chi connectivity index (χ2v) is 7.35. The zero-order valence-electron chi connectivity index (χ0n) is 16.0. The molecule has 0 aliphatic heterocycles. The predicted molar refractivity (Wildman–Crippen MR) is 103 cm³/mol. The Morgan fingerprint density at radius 1 is 1.04 bits per heavy atom. The third kappa shape index (κ3) is 5.89. The van der Waals surface area contributed by atoms with Gasteiger partial charge in [-0.1, -0.05) is 32.9 Å². The van der Waals surface area contributed by atoms with Crippen molar-refractivity contribution in [1.29, 1.82) is 0 Å². The molecule has 0 saturated heterocycles. The molecule has 0 fully saturated rings. The average molecular weight is 372 g/mol. The van der Waals surface area contributed by atoms with Crippen molar-refractivity contribution >= 4 is 17.6 Å². The van der Waals surface area contributed by atoms with Gasteiger partial charge in [-0.25, -0.2) is 9.18 Å². The molecule has 1 atom stereocenters. The Kier molecular flexibility index (Phi) is 6.69. The number of carbonyl (C=O) groups excluding carboxylic acids is 2. The van der Waals surface area contributed by atoms with Crippen molar-refractivity contribution in [2.45, 2.75) is 26.8 Å². The number of benzene rings is 2. The molecular weight excluding hydrogens is 347 g/mol. The van der Waals surface area contributed by atoms with Crippen molar-refractivity contribution in [2.24, 2.45) is 5.41 Å². The van der Waals surface area contributed by atoms with E-state index >= 15 is 0 Å². The fourth-order valence-electron chi connectivity index (χ4n) is 2.79. The van der Waals surface area contributed by atoms with Gasteiger partial charge >= 0.3 is 5.97 Å². The lowest BCUT2D eigenvalue weighted by Gasteiger charge is -2.32. The first-order valence-electron chi connectivity index (χ1n) is 8.68. The zero-order chi connectivity index (χ0) is 20.0. The van der Waals surface area contributed by atoms with Crippen molar-refractivity contribution in [1.82, 2.24) is 5.32 Å². The molecule has 2 N–H and O–H groups in total. The molecule has 0 saturated carbocycles. The first-order chi connectivity index (χ1) is 12.7. The maximum absolute atomic E-state index is 13.2. The molecule has 144 valence electrons. The zero-order valence-corrected chi connectivity index (χ0v) is 16.0. The maximum atomic E-state index is 13.2. The van der Waals surface area contributed by atoms with Gasteiger partial charge in [0.1, 0.15) is 5.82 Å². The van der Waals surface area contributed by atoms with Gasteiger partial charge in [-0.3, -0.25) is 4.79 Å². The van der Waals surface area contributed by atoms with Gasteiger partial charge in [0.05, 0.1) is 19.2 Å². The molecule has 27 heavy (non-hydrogen) atoms. The molecule has 0 heterocycles. The smallest absolute Gasteiger partial charge is 0.337 e. The van der Waals surface area contributed by atoms with Crippen molar-refractivity contribution in [2.75, 3.05) is 19.0 Å². The van der Waals surface area contributed by atoms with E-state index in [-0.39, 0.29) is 29.7 Å². The molecule has 2 rings (SSSR count). The van der Waals surface area contributed by atoms with E-state index in [9.17, 15) is 14.0 Å². The summed E-state index contributed by atoms with van der Waals surface area (Å²) in [4.78, 5) is 23.7. The summed E-state index contributed by atoms with van der Waals surface area (Å²) in [6.07, 6.45) is 0. The second kappa shape index (κ2) is 8.77. The first kappa shape index (κ1) is 20.6. The number of anilines is 1. The molecule has 2 aromatic rings. The van der Waals surface area contributed by atoms with Crippen LogP contribution >= 0.6 is 0 Å². The second-order valence-electron chi connectivity index (χ2n) is 7.35. The summed E-state index contributed by atoms with van der Waals surface area (Å²) < 4.78 is 17.8. The number of hydrogen-bond acceptors (Lipinski definition) is 4. The largest absolute Gasteiger partial charge is 0.465 e. The molecule has 2 aromatic carbocycles. The molecule has 1 amide bonds. The quantitative estimate of drug-likeness (QED) is 0.754. The van der Waals surface area contributed by atoms with Gasteiger partial charge in [-0.15, -0.1) is 0 Å². The van der Waals surface area contributed by atoms with Crippen LogP contribution in [0.15, 0.2) is 48.5 Å². The summed E-state index contributed by atoms with van der Waals surface area (Å²) in [7, 11) is 1.32. The van der Waals surface area contributed by atoms with E-state index in [1.165, 1.54) is 19.2 Å². The number of esters is 1. The highest BCUT2D eigenvalue weighted by Gasteiger charge is 2.26. The van der Waals surface area contributed by atoms with Crippen LogP contribution in [0, 0.1) is 11.2 Å². The van der Waals surface area contributed by atoms with E-state index in [2.05, 4.69) is 36.1 Å². The van der Waals surface area contributed by atoms with E-state index in [1.807, 2.05) is 0 Å². The van der Waals surface area contributed by atoms with Gasteiger partial charge < -0.3 is 15.4 Å². The van der Waals surface area contributed by atoms with Gasteiger partial charge in [0.25, 0.3) is 0 Å². The van der Waals surface area contributed by atoms with Crippen LogP contribution in [0.1, 0.15) is 42.7 Å². The standard InChI is InChI=1S/C21H25FN2O3/c1-21(2,3)19(14-5-9-16(22)10-6-14)23-13-18(25)24-17-11-7-15(8-12-17)20(26)27-4/h5-12,19,23H,13H2,1-4H3,(H,24,25). The number of amides is 1. The first-order valence-corrected chi connectivity index (χ1v) is 8.68. The van der Waals surface area contributed by atoms with Crippen LogP contribution in [-0.4, -0.2) is 25.5 Å². The van der Waals surface area contributed by atoms with Crippen LogP contribution in [0.4, 0.5) is 10.1 Å². The molecule has 0 radical (unpaired) electrons. The molecule has 0 aromatic heterocycles. The minimum Gasteiger partial charge on any atom is -0.465 e. The summed E-state index contributed by atoms with van der Waals surface area (Å²) in [6.45, 7) is 6.25. The topological polar surface area (TPSA) is 67.4 Å². The minimum absolute atomic E-state index is 0.0953. The fraction of sp³-hybridized carbons (Fsp3) is 0.333. The third-order valence-corrected chi connectivity index (χ3v) is 4.13. The average Bonchev–Trinajstić information content (AvgIpc) is 2.62. The number of carbonyl (C=O) groups is 2. The highest BCUT2D eigenvalue weighted by atomic mass is 19.1. The van der Waals surface area contributed by atoms with Crippen molar-refractivity contribution < 1.29 is 18.7 Å². The molecule has 0 spiro atoms. The van der Waals surface area contributed by atoms with Crippen LogP contribution in [-0.2, 0) is 9.53 Å². The molecule has 5 nitrogen and oxygen atoms in total. The predicted octanol–water partition coefficient (Wildman–Crippen LogP) is 3.93.